The Kier molecular flexibility index (Phi) is 6.25. The third-order valence-electron chi connectivity index (χ3n) is 4.16. The molecule has 1 saturated heterocycles. The first-order chi connectivity index (χ1) is 11.8. The summed E-state index contributed by atoms with van der Waals surface area (Å²) < 4.78 is 0. The Morgan fingerprint density at radius 3 is 2.80 bits per heavy atom. The second-order valence-corrected chi connectivity index (χ2v) is 7.16. The summed E-state index contributed by atoms with van der Waals surface area (Å²) in [4.78, 5) is 42.5. The average Bonchev–Trinajstić information content (AvgIpc) is 2.74. The molecule has 3 N–H and O–H groups in total. The number of amides is 2. The fourth-order valence-electron chi connectivity index (χ4n) is 2.70. The van der Waals surface area contributed by atoms with Crippen LogP contribution in [-0.2, 0) is 9.59 Å². The molecule has 2 rings (SSSR count). The van der Waals surface area contributed by atoms with Gasteiger partial charge in [-0.2, -0.15) is 0 Å². The summed E-state index contributed by atoms with van der Waals surface area (Å²) >= 11 is 0. The maximum absolute atomic E-state index is 12.4. The van der Waals surface area contributed by atoms with Crippen LogP contribution in [0.1, 0.15) is 50.0 Å². The first-order valence-corrected chi connectivity index (χ1v) is 8.57. The lowest BCUT2D eigenvalue weighted by Crippen LogP contribution is -2.45. The second kappa shape index (κ2) is 8.20. The van der Waals surface area contributed by atoms with E-state index in [1.807, 2.05) is 13.8 Å². The standard InChI is InChI=1S/C18H26N4O3/c1-18(2,19)9-8-16(24)21-13-7-5-11-22(12-15(13)23)17(25)14-6-3-4-10-20-14/h3-4,6,10,13H,5,7-9,11-12,19H2,1-2H3,(H,21,24)/t13-/m0/s1. The number of aromatic nitrogens is 1. The van der Waals surface area contributed by atoms with Crippen LogP contribution >= 0.6 is 0 Å². The lowest BCUT2D eigenvalue weighted by Gasteiger charge is -2.20. The predicted molar refractivity (Wildman–Crippen MR) is 93.8 cm³/mol. The minimum atomic E-state index is -0.546. The van der Waals surface area contributed by atoms with Gasteiger partial charge in [0.05, 0.1) is 12.6 Å². The van der Waals surface area contributed by atoms with E-state index in [0.717, 1.165) is 0 Å². The molecule has 0 radical (unpaired) electrons. The van der Waals surface area contributed by atoms with E-state index in [1.165, 1.54) is 4.90 Å². The van der Waals surface area contributed by atoms with E-state index < -0.39 is 11.6 Å². The monoisotopic (exact) mass is 346 g/mol. The number of likely N-dealkylation sites (tertiary alicyclic amines) is 1. The van der Waals surface area contributed by atoms with Crippen molar-refractivity contribution in [3.63, 3.8) is 0 Å². The van der Waals surface area contributed by atoms with Crippen LogP contribution < -0.4 is 11.1 Å². The highest BCUT2D eigenvalue weighted by Crippen LogP contribution is 2.13. The third-order valence-corrected chi connectivity index (χ3v) is 4.16. The molecule has 7 nitrogen and oxygen atoms in total. The van der Waals surface area contributed by atoms with Crippen LogP contribution in [0.15, 0.2) is 24.4 Å². The van der Waals surface area contributed by atoms with Crippen molar-refractivity contribution >= 4 is 17.6 Å². The highest BCUT2D eigenvalue weighted by atomic mass is 16.2. The Morgan fingerprint density at radius 2 is 2.16 bits per heavy atom. The molecule has 0 aromatic carbocycles. The van der Waals surface area contributed by atoms with Crippen molar-refractivity contribution < 1.29 is 14.4 Å². The van der Waals surface area contributed by atoms with Crippen LogP contribution in [0.3, 0.4) is 0 Å². The van der Waals surface area contributed by atoms with Gasteiger partial charge in [0.2, 0.25) is 5.91 Å². The highest BCUT2D eigenvalue weighted by molar-refractivity contribution is 5.97. The van der Waals surface area contributed by atoms with Crippen molar-refractivity contribution in [2.24, 2.45) is 5.73 Å². The Bertz CT molecular complexity index is 625. The molecule has 2 heterocycles. The summed E-state index contributed by atoms with van der Waals surface area (Å²) in [5.41, 5.74) is 5.78. The van der Waals surface area contributed by atoms with Crippen molar-refractivity contribution in [1.82, 2.24) is 15.2 Å². The molecule has 0 unspecified atom stereocenters. The minimum Gasteiger partial charge on any atom is -0.346 e. The minimum absolute atomic E-state index is 0.0112. The van der Waals surface area contributed by atoms with E-state index >= 15 is 0 Å². The fourth-order valence-corrected chi connectivity index (χ4v) is 2.70. The number of Topliss-reactive ketones (excluding diaryl/α,β-unsaturated/α-hetero) is 1. The van der Waals surface area contributed by atoms with Gasteiger partial charge in [0, 0.05) is 24.7 Å². The van der Waals surface area contributed by atoms with Gasteiger partial charge in [0.1, 0.15) is 5.69 Å². The average molecular weight is 346 g/mol. The Labute approximate surface area is 148 Å². The maximum atomic E-state index is 12.4. The molecule has 1 aliphatic heterocycles. The van der Waals surface area contributed by atoms with Crippen molar-refractivity contribution in [2.75, 3.05) is 13.1 Å². The van der Waals surface area contributed by atoms with Gasteiger partial charge >= 0.3 is 0 Å². The van der Waals surface area contributed by atoms with E-state index in [4.69, 9.17) is 5.73 Å². The van der Waals surface area contributed by atoms with E-state index in [9.17, 15) is 14.4 Å². The number of nitrogens with zero attached hydrogens (tertiary/aromatic N) is 2. The number of nitrogens with two attached hydrogens (primary N) is 1. The number of nitrogens with one attached hydrogen (secondary N) is 1. The maximum Gasteiger partial charge on any atom is 0.272 e. The van der Waals surface area contributed by atoms with Gasteiger partial charge in [-0.3, -0.25) is 19.4 Å². The van der Waals surface area contributed by atoms with Crippen LogP contribution in [0, 0.1) is 0 Å². The van der Waals surface area contributed by atoms with E-state index in [0.29, 0.717) is 31.5 Å². The van der Waals surface area contributed by atoms with Gasteiger partial charge in [-0.15, -0.1) is 0 Å². The molecule has 0 bridgehead atoms. The Morgan fingerprint density at radius 1 is 1.40 bits per heavy atom. The molecular formula is C18H26N4O3. The molecule has 1 atom stereocenters. The zero-order chi connectivity index (χ0) is 18.4. The predicted octanol–water partition coefficient (Wildman–Crippen LogP) is 0.889. The summed E-state index contributed by atoms with van der Waals surface area (Å²) in [5.74, 6) is -0.589. The van der Waals surface area contributed by atoms with Crippen LogP contribution in [0.2, 0.25) is 0 Å². The Balaban J connectivity index is 1.92. The van der Waals surface area contributed by atoms with Gasteiger partial charge in [0.25, 0.3) is 5.91 Å². The fraction of sp³-hybridized carbons (Fsp3) is 0.556. The van der Waals surface area contributed by atoms with E-state index in [2.05, 4.69) is 10.3 Å². The highest BCUT2D eigenvalue weighted by Gasteiger charge is 2.29. The number of carbonyl (C=O) groups excluding carboxylic acids is 3. The quantitative estimate of drug-likeness (QED) is 0.824. The number of pyridine rings is 1. The smallest absolute Gasteiger partial charge is 0.272 e. The third kappa shape index (κ3) is 5.94. The largest absolute Gasteiger partial charge is 0.346 e. The van der Waals surface area contributed by atoms with E-state index in [-0.39, 0.29) is 30.6 Å². The number of ketones is 1. The molecule has 25 heavy (non-hydrogen) atoms. The van der Waals surface area contributed by atoms with Crippen LogP contribution in [0.25, 0.3) is 0 Å². The summed E-state index contributed by atoms with van der Waals surface area (Å²) in [5, 5.41) is 2.78. The van der Waals surface area contributed by atoms with Crippen LogP contribution in [0.5, 0.6) is 0 Å². The normalized spacial score (nSPS) is 18.6. The van der Waals surface area contributed by atoms with Crippen molar-refractivity contribution in [3.05, 3.63) is 30.1 Å². The van der Waals surface area contributed by atoms with Gasteiger partial charge < -0.3 is 16.0 Å². The summed E-state index contributed by atoms with van der Waals surface area (Å²) in [6, 6.07) is 4.56. The van der Waals surface area contributed by atoms with Crippen molar-refractivity contribution in [3.8, 4) is 0 Å². The summed E-state index contributed by atoms with van der Waals surface area (Å²) in [7, 11) is 0. The zero-order valence-electron chi connectivity index (χ0n) is 14.8. The molecule has 0 spiro atoms. The number of carbonyl (C=O) groups is 3. The van der Waals surface area contributed by atoms with Crippen LogP contribution in [-0.4, -0.2) is 52.2 Å². The van der Waals surface area contributed by atoms with E-state index in [1.54, 1.807) is 24.4 Å². The Hall–Kier alpha value is -2.28. The molecule has 2 amide bonds. The molecule has 7 heteroatoms. The molecular weight excluding hydrogens is 320 g/mol. The first kappa shape index (κ1) is 19.1. The first-order valence-electron chi connectivity index (χ1n) is 8.57. The number of rotatable bonds is 5. The molecule has 1 aromatic rings. The van der Waals surface area contributed by atoms with Gasteiger partial charge in [-0.1, -0.05) is 6.07 Å². The molecule has 0 saturated carbocycles. The molecule has 136 valence electrons. The summed E-state index contributed by atoms with van der Waals surface area (Å²) in [6.45, 7) is 4.18. The van der Waals surface area contributed by atoms with Gasteiger partial charge in [-0.05, 0) is 45.2 Å². The molecule has 1 fully saturated rings. The van der Waals surface area contributed by atoms with Gasteiger partial charge in [0.15, 0.2) is 5.78 Å². The molecule has 1 aromatic heterocycles. The summed E-state index contributed by atoms with van der Waals surface area (Å²) in [6.07, 6.45) is 3.56. The number of hydrogen-bond acceptors (Lipinski definition) is 5. The second-order valence-electron chi connectivity index (χ2n) is 7.16. The van der Waals surface area contributed by atoms with Crippen molar-refractivity contribution in [1.29, 1.82) is 0 Å². The van der Waals surface area contributed by atoms with Gasteiger partial charge in [-0.25, -0.2) is 0 Å². The molecule has 1 aliphatic rings. The lowest BCUT2D eigenvalue weighted by atomic mass is 9.99. The number of hydrogen-bond donors (Lipinski definition) is 2. The van der Waals surface area contributed by atoms with Crippen LogP contribution in [0.4, 0.5) is 0 Å². The van der Waals surface area contributed by atoms with Crippen molar-refractivity contribution in [2.45, 2.75) is 51.1 Å². The SMILES string of the molecule is CC(C)(N)CCC(=O)N[C@H]1CCCN(C(=O)c2ccccn2)CC1=O. The topological polar surface area (TPSA) is 105 Å². The lowest BCUT2D eigenvalue weighted by molar-refractivity contribution is -0.128. The molecule has 0 aliphatic carbocycles. The zero-order valence-corrected chi connectivity index (χ0v) is 14.8.